The molecule has 7 nitrogen and oxygen atoms in total. The zero-order chi connectivity index (χ0) is 18.5. The van der Waals surface area contributed by atoms with E-state index in [1.807, 2.05) is 6.92 Å². The van der Waals surface area contributed by atoms with E-state index in [-0.39, 0.29) is 17.6 Å². The van der Waals surface area contributed by atoms with Crippen molar-refractivity contribution in [1.82, 2.24) is 10.2 Å². The minimum Gasteiger partial charge on any atom is -0.459 e. The number of hydrogen-bond donors (Lipinski definition) is 2. The van der Waals surface area contributed by atoms with Crippen LogP contribution in [0.4, 0.5) is 10.1 Å². The Hall–Kier alpha value is -2.52. The number of unbranched alkanes of at least 4 members (excludes halogenated alkanes) is 1. The van der Waals surface area contributed by atoms with Gasteiger partial charge in [0.15, 0.2) is 5.76 Å². The molecule has 26 heavy (non-hydrogen) atoms. The number of aryl methyl sites for hydroxylation is 2. The van der Waals surface area contributed by atoms with Crippen LogP contribution in [0.1, 0.15) is 50.6 Å². The molecule has 0 aromatic carbocycles. The minimum atomic E-state index is -0.354. The molecule has 2 amide bonds. The van der Waals surface area contributed by atoms with Crippen molar-refractivity contribution in [2.24, 2.45) is 0 Å². The van der Waals surface area contributed by atoms with Crippen molar-refractivity contribution < 1.29 is 14.0 Å². The van der Waals surface area contributed by atoms with Crippen molar-refractivity contribution in [3.05, 3.63) is 45.7 Å². The number of furan rings is 1. The van der Waals surface area contributed by atoms with Gasteiger partial charge in [-0.25, -0.2) is 0 Å². The summed E-state index contributed by atoms with van der Waals surface area (Å²) in [4.78, 5) is 25.0. The van der Waals surface area contributed by atoms with Gasteiger partial charge in [0.1, 0.15) is 5.01 Å². The monoisotopic (exact) mass is 390 g/mol. The van der Waals surface area contributed by atoms with Crippen LogP contribution in [-0.4, -0.2) is 22.0 Å². The fraction of sp³-hybridized carbons (Fsp3) is 0.294. The summed E-state index contributed by atoms with van der Waals surface area (Å²) in [6.07, 6.45) is 4.43. The Labute approximate surface area is 158 Å². The molecule has 0 aliphatic rings. The highest BCUT2D eigenvalue weighted by molar-refractivity contribution is 7.18. The summed E-state index contributed by atoms with van der Waals surface area (Å²) in [6.45, 7) is 3.94. The number of amides is 2. The van der Waals surface area contributed by atoms with Crippen LogP contribution in [0.3, 0.4) is 0 Å². The highest BCUT2D eigenvalue weighted by atomic mass is 32.1. The Morgan fingerprint density at radius 2 is 2.04 bits per heavy atom. The molecule has 0 bridgehead atoms. The smallest absolute Gasteiger partial charge is 0.291 e. The van der Waals surface area contributed by atoms with E-state index in [4.69, 9.17) is 4.42 Å². The summed E-state index contributed by atoms with van der Waals surface area (Å²) in [5, 5.41) is 15.6. The first-order valence-electron chi connectivity index (χ1n) is 8.16. The number of thiophene rings is 1. The van der Waals surface area contributed by atoms with E-state index in [1.165, 1.54) is 28.9 Å². The van der Waals surface area contributed by atoms with Gasteiger partial charge in [-0.1, -0.05) is 24.7 Å². The lowest BCUT2D eigenvalue weighted by Crippen LogP contribution is -2.11. The second-order valence-electron chi connectivity index (χ2n) is 5.61. The number of carbonyl (C=O) groups excluding carboxylic acids is 2. The summed E-state index contributed by atoms with van der Waals surface area (Å²) < 4.78 is 5.06. The van der Waals surface area contributed by atoms with Gasteiger partial charge in [0.25, 0.3) is 11.8 Å². The number of aromatic nitrogens is 2. The first kappa shape index (κ1) is 18.3. The molecule has 3 rings (SSSR count). The van der Waals surface area contributed by atoms with Crippen LogP contribution in [0.25, 0.3) is 0 Å². The molecule has 0 fully saturated rings. The van der Waals surface area contributed by atoms with Gasteiger partial charge in [0, 0.05) is 6.42 Å². The van der Waals surface area contributed by atoms with E-state index in [9.17, 15) is 9.59 Å². The molecule has 0 unspecified atom stereocenters. The average molecular weight is 390 g/mol. The van der Waals surface area contributed by atoms with Crippen molar-refractivity contribution >= 4 is 44.6 Å². The predicted molar refractivity (Wildman–Crippen MR) is 102 cm³/mol. The highest BCUT2D eigenvalue weighted by Gasteiger charge is 2.18. The largest absolute Gasteiger partial charge is 0.459 e. The van der Waals surface area contributed by atoms with Gasteiger partial charge in [-0.3, -0.25) is 14.9 Å². The molecule has 0 saturated carbocycles. The van der Waals surface area contributed by atoms with Crippen molar-refractivity contribution in [3.63, 3.8) is 0 Å². The lowest BCUT2D eigenvalue weighted by atomic mass is 10.3. The first-order chi connectivity index (χ1) is 12.6. The fourth-order valence-corrected chi connectivity index (χ4v) is 3.98. The van der Waals surface area contributed by atoms with E-state index in [2.05, 4.69) is 27.8 Å². The van der Waals surface area contributed by atoms with E-state index in [0.717, 1.165) is 29.8 Å². The number of hydrogen-bond acceptors (Lipinski definition) is 7. The number of carbonyl (C=O) groups is 2. The standard InChI is InChI=1S/C17H18N4O3S2/c1-3-4-7-12-20-21-17(26-12)19-16(23)14-10(2)9-13(25-14)18-15(22)11-6-5-8-24-11/h5-6,8-9H,3-4,7H2,1-2H3,(H,18,22)(H,19,21,23). The zero-order valence-corrected chi connectivity index (χ0v) is 16.0. The van der Waals surface area contributed by atoms with Gasteiger partial charge in [-0.15, -0.1) is 21.5 Å². The molecule has 2 N–H and O–H groups in total. The molecule has 0 saturated heterocycles. The number of anilines is 2. The summed E-state index contributed by atoms with van der Waals surface area (Å²) in [5.74, 6) is -0.396. The molecule has 9 heteroatoms. The molecule has 0 aliphatic carbocycles. The molecular weight excluding hydrogens is 372 g/mol. The number of nitrogens with zero attached hydrogens (tertiary/aromatic N) is 2. The molecule has 136 valence electrons. The van der Waals surface area contributed by atoms with Gasteiger partial charge in [0.2, 0.25) is 5.13 Å². The fourth-order valence-electron chi connectivity index (χ4n) is 2.24. The lowest BCUT2D eigenvalue weighted by Gasteiger charge is -1.99. The Morgan fingerprint density at radius 3 is 2.77 bits per heavy atom. The van der Waals surface area contributed by atoms with Gasteiger partial charge >= 0.3 is 0 Å². The Morgan fingerprint density at radius 1 is 1.19 bits per heavy atom. The molecule has 3 aromatic heterocycles. The summed E-state index contributed by atoms with van der Waals surface area (Å²) in [5.41, 5.74) is 0.776. The van der Waals surface area contributed by atoms with Gasteiger partial charge in [0.05, 0.1) is 16.1 Å². The Balaban J connectivity index is 1.65. The topological polar surface area (TPSA) is 97.1 Å². The maximum absolute atomic E-state index is 12.5. The first-order valence-corrected chi connectivity index (χ1v) is 9.79. The van der Waals surface area contributed by atoms with Crippen LogP contribution < -0.4 is 10.6 Å². The van der Waals surface area contributed by atoms with Crippen molar-refractivity contribution in [3.8, 4) is 0 Å². The van der Waals surface area contributed by atoms with E-state index in [1.54, 1.807) is 18.2 Å². The summed E-state index contributed by atoms with van der Waals surface area (Å²) >= 11 is 2.59. The van der Waals surface area contributed by atoms with Crippen LogP contribution in [0.15, 0.2) is 28.9 Å². The van der Waals surface area contributed by atoms with E-state index < -0.39 is 0 Å². The van der Waals surface area contributed by atoms with Crippen LogP contribution in [-0.2, 0) is 6.42 Å². The predicted octanol–water partition coefficient (Wildman–Crippen LogP) is 4.35. The average Bonchev–Trinajstić information content (AvgIpc) is 3.34. The third kappa shape index (κ3) is 4.36. The Kier molecular flexibility index (Phi) is 5.79. The molecule has 0 spiro atoms. The Bertz CT molecular complexity index is 899. The molecule has 0 aliphatic heterocycles. The second-order valence-corrected chi connectivity index (χ2v) is 7.73. The van der Waals surface area contributed by atoms with E-state index in [0.29, 0.717) is 15.0 Å². The maximum Gasteiger partial charge on any atom is 0.291 e. The summed E-state index contributed by atoms with van der Waals surface area (Å²) in [7, 11) is 0. The van der Waals surface area contributed by atoms with Crippen molar-refractivity contribution in [1.29, 1.82) is 0 Å². The quantitative estimate of drug-likeness (QED) is 0.625. The van der Waals surface area contributed by atoms with Crippen LogP contribution in [0, 0.1) is 6.92 Å². The van der Waals surface area contributed by atoms with Crippen molar-refractivity contribution in [2.75, 3.05) is 10.6 Å². The lowest BCUT2D eigenvalue weighted by molar-refractivity contribution is 0.0995. The molecule has 0 radical (unpaired) electrons. The molecular formula is C17H18N4O3S2. The van der Waals surface area contributed by atoms with E-state index >= 15 is 0 Å². The van der Waals surface area contributed by atoms with Gasteiger partial charge in [-0.05, 0) is 37.1 Å². The van der Waals surface area contributed by atoms with Crippen LogP contribution in [0.2, 0.25) is 0 Å². The SMILES string of the molecule is CCCCc1nnc(NC(=O)c2sc(NC(=O)c3ccco3)cc2C)s1. The third-order valence-corrected chi connectivity index (χ3v) is 5.59. The second kappa shape index (κ2) is 8.24. The number of rotatable bonds is 7. The highest BCUT2D eigenvalue weighted by Crippen LogP contribution is 2.28. The maximum atomic E-state index is 12.5. The normalized spacial score (nSPS) is 10.7. The third-order valence-electron chi connectivity index (χ3n) is 3.54. The molecule has 3 heterocycles. The van der Waals surface area contributed by atoms with Crippen LogP contribution in [0.5, 0.6) is 0 Å². The number of nitrogens with one attached hydrogen (secondary N) is 2. The van der Waals surface area contributed by atoms with Gasteiger partial charge < -0.3 is 9.73 Å². The van der Waals surface area contributed by atoms with Gasteiger partial charge in [-0.2, -0.15) is 0 Å². The van der Waals surface area contributed by atoms with Crippen molar-refractivity contribution in [2.45, 2.75) is 33.1 Å². The summed E-state index contributed by atoms with van der Waals surface area (Å²) in [6, 6.07) is 4.98. The molecule has 3 aromatic rings. The zero-order valence-electron chi connectivity index (χ0n) is 14.4. The minimum absolute atomic E-state index is 0.218. The molecule has 0 atom stereocenters. The van der Waals surface area contributed by atoms with Crippen LogP contribution >= 0.6 is 22.7 Å².